The molecule has 0 fully saturated rings. The van der Waals surface area contributed by atoms with Gasteiger partial charge in [-0.3, -0.25) is 4.98 Å². The molecule has 1 atom stereocenters. The summed E-state index contributed by atoms with van der Waals surface area (Å²) >= 11 is 0. The molecule has 1 N–H and O–H groups in total. The molecule has 94 valence electrons. The van der Waals surface area contributed by atoms with Crippen molar-refractivity contribution in [3.8, 4) is 5.88 Å². The Labute approximate surface area is 107 Å². The fourth-order valence-corrected chi connectivity index (χ4v) is 1.64. The lowest BCUT2D eigenvalue weighted by Crippen LogP contribution is -2.19. The molecule has 0 aromatic carbocycles. The molecule has 0 spiro atoms. The van der Waals surface area contributed by atoms with E-state index in [9.17, 15) is 0 Å². The third kappa shape index (κ3) is 3.28. The van der Waals surface area contributed by atoms with Gasteiger partial charge in [-0.2, -0.15) is 0 Å². The fourth-order valence-electron chi connectivity index (χ4n) is 1.64. The summed E-state index contributed by atoms with van der Waals surface area (Å²) in [4.78, 5) is 8.49. The van der Waals surface area contributed by atoms with E-state index in [1.165, 1.54) is 0 Å². The van der Waals surface area contributed by atoms with Crippen LogP contribution in [0, 0.1) is 0 Å². The number of hydrogen-bond donors (Lipinski definition) is 1. The SMILES string of the molecule is COc1ccc(CN[C@H](C)c2ccccn2)cn1. The third-order valence-electron chi connectivity index (χ3n) is 2.75. The molecule has 4 heteroatoms. The average molecular weight is 243 g/mol. The van der Waals surface area contributed by atoms with Crippen LogP contribution in [-0.4, -0.2) is 17.1 Å². The predicted octanol–water partition coefficient (Wildman–Crippen LogP) is 2.34. The Morgan fingerprint density at radius 1 is 1.22 bits per heavy atom. The molecular formula is C14H17N3O. The van der Waals surface area contributed by atoms with Gasteiger partial charge in [-0.1, -0.05) is 12.1 Å². The molecule has 18 heavy (non-hydrogen) atoms. The summed E-state index contributed by atoms with van der Waals surface area (Å²) in [6, 6.07) is 10.0. The summed E-state index contributed by atoms with van der Waals surface area (Å²) in [5.74, 6) is 0.636. The van der Waals surface area contributed by atoms with E-state index in [-0.39, 0.29) is 6.04 Å². The zero-order valence-electron chi connectivity index (χ0n) is 10.6. The van der Waals surface area contributed by atoms with Gasteiger partial charge in [0.25, 0.3) is 0 Å². The van der Waals surface area contributed by atoms with Crippen molar-refractivity contribution in [2.75, 3.05) is 7.11 Å². The molecule has 0 saturated heterocycles. The number of nitrogens with zero attached hydrogens (tertiary/aromatic N) is 2. The maximum Gasteiger partial charge on any atom is 0.212 e. The Balaban J connectivity index is 1.91. The number of pyridine rings is 2. The minimum absolute atomic E-state index is 0.216. The lowest BCUT2D eigenvalue weighted by molar-refractivity contribution is 0.397. The number of hydrogen-bond acceptors (Lipinski definition) is 4. The second-order valence-corrected chi connectivity index (χ2v) is 4.07. The molecule has 2 heterocycles. The summed E-state index contributed by atoms with van der Waals surface area (Å²) in [5, 5.41) is 3.41. The number of ether oxygens (including phenoxy) is 1. The van der Waals surface area contributed by atoms with Gasteiger partial charge in [-0.25, -0.2) is 4.98 Å². The quantitative estimate of drug-likeness (QED) is 0.875. The second-order valence-electron chi connectivity index (χ2n) is 4.07. The standard InChI is InChI=1S/C14H17N3O/c1-11(13-5-3-4-8-15-13)16-9-12-6-7-14(18-2)17-10-12/h3-8,10-11,16H,9H2,1-2H3/t11-/m1/s1. The van der Waals surface area contributed by atoms with Crippen LogP contribution in [0.3, 0.4) is 0 Å². The van der Waals surface area contributed by atoms with Crippen LogP contribution in [0.25, 0.3) is 0 Å². The van der Waals surface area contributed by atoms with E-state index in [1.54, 1.807) is 7.11 Å². The van der Waals surface area contributed by atoms with Crippen molar-refractivity contribution in [3.05, 3.63) is 54.0 Å². The summed E-state index contributed by atoms with van der Waals surface area (Å²) in [6.45, 7) is 2.86. The van der Waals surface area contributed by atoms with Crippen LogP contribution in [0.15, 0.2) is 42.7 Å². The highest BCUT2D eigenvalue weighted by atomic mass is 16.5. The highest BCUT2D eigenvalue weighted by molar-refractivity contribution is 5.18. The van der Waals surface area contributed by atoms with Crippen LogP contribution in [0.4, 0.5) is 0 Å². The first-order valence-corrected chi connectivity index (χ1v) is 5.93. The van der Waals surface area contributed by atoms with E-state index >= 15 is 0 Å². The molecule has 0 unspecified atom stereocenters. The number of aromatic nitrogens is 2. The highest BCUT2D eigenvalue weighted by Crippen LogP contribution is 2.10. The molecule has 4 nitrogen and oxygen atoms in total. The van der Waals surface area contributed by atoms with Crippen molar-refractivity contribution in [1.82, 2.24) is 15.3 Å². The van der Waals surface area contributed by atoms with Crippen molar-refractivity contribution < 1.29 is 4.74 Å². The molecule has 0 aliphatic carbocycles. The fraction of sp³-hybridized carbons (Fsp3) is 0.286. The first kappa shape index (κ1) is 12.5. The molecule has 0 saturated carbocycles. The highest BCUT2D eigenvalue weighted by Gasteiger charge is 2.05. The monoisotopic (exact) mass is 243 g/mol. The van der Waals surface area contributed by atoms with Crippen molar-refractivity contribution in [2.45, 2.75) is 19.5 Å². The third-order valence-corrected chi connectivity index (χ3v) is 2.75. The Kier molecular flexibility index (Phi) is 4.25. The van der Waals surface area contributed by atoms with Gasteiger partial charge >= 0.3 is 0 Å². The maximum absolute atomic E-state index is 5.02. The molecule has 0 aliphatic rings. The van der Waals surface area contributed by atoms with Gasteiger partial charge in [0, 0.05) is 31.0 Å². The number of rotatable bonds is 5. The van der Waals surface area contributed by atoms with Gasteiger partial charge in [0.1, 0.15) is 0 Å². The number of nitrogens with one attached hydrogen (secondary N) is 1. The normalized spacial score (nSPS) is 12.1. The Bertz CT molecular complexity index is 470. The molecule has 0 radical (unpaired) electrons. The zero-order chi connectivity index (χ0) is 12.8. The van der Waals surface area contributed by atoms with Crippen molar-refractivity contribution in [1.29, 1.82) is 0 Å². The lowest BCUT2D eigenvalue weighted by Gasteiger charge is -2.13. The van der Waals surface area contributed by atoms with Crippen LogP contribution in [0.5, 0.6) is 5.88 Å². The lowest BCUT2D eigenvalue weighted by atomic mass is 10.2. The summed E-state index contributed by atoms with van der Waals surface area (Å²) in [7, 11) is 1.61. The van der Waals surface area contributed by atoms with E-state index in [0.29, 0.717) is 5.88 Å². The molecule has 0 amide bonds. The van der Waals surface area contributed by atoms with Gasteiger partial charge in [-0.15, -0.1) is 0 Å². The van der Waals surface area contributed by atoms with Gasteiger partial charge in [0.15, 0.2) is 0 Å². The Morgan fingerprint density at radius 3 is 2.72 bits per heavy atom. The van der Waals surface area contributed by atoms with Crippen LogP contribution in [0.1, 0.15) is 24.2 Å². The zero-order valence-corrected chi connectivity index (χ0v) is 10.6. The predicted molar refractivity (Wildman–Crippen MR) is 70.3 cm³/mol. The van der Waals surface area contributed by atoms with Gasteiger partial charge in [0.2, 0.25) is 5.88 Å². The van der Waals surface area contributed by atoms with E-state index in [2.05, 4.69) is 22.2 Å². The Hall–Kier alpha value is -1.94. The topological polar surface area (TPSA) is 47.0 Å². The van der Waals surface area contributed by atoms with Crippen molar-refractivity contribution in [2.24, 2.45) is 0 Å². The van der Waals surface area contributed by atoms with E-state index in [4.69, 9.17) is 4.74 Å². The van der Waals surface area contributed by atoms with Gasteiger partial charge in [0.05, 0.1) is 12.8 Å². The Morgan fingerprint density at radius 2 is 2.11 bits per heavy atom. The summed E-state index contributed by atoms with van der Waals surface area (Å²) in [5.41, 5.74) is 2.16. The molecule has 2 aromatic rings. The van der Waals surface area contributed by atoms with E-state index in [0.717, 1.165) is 17.8 Å². The van der Waals surface area contributed by atoms with Crippen LogP contribution < -0.4 is 10.1 Å². The summed E-state index contributed by atoms with van der Waals surface area (Å²) in [6.07, 6.45) is 3.62. The molecule has 2 aromatic heterocycles. The van der Waals surface area contributed by atoms with Gasteiger partial charge in [-0.05, 0) is 24.6 Å². The molecule has 0 aliphatic heterocycles. The largest absolute Gasteiger partial charge is 0.481 e. The van der Waals surface area contributed by atoms with E-state index in [1.807, 2.05) is 42.7 Å². The first-order chi connectivity index (χ1) is 8.79. The average Bonchev–Trinajstić information content (AvgIpc) is 2.46. The van der Waals surface area contributed by atoms with Crippen molar-refractivity contribution >= 4 is 0 Å². The molecule has 0 bridgehead atoms. The minimum Gasteiger partial charge on any atom is -0.481 e. The molecular weight excluding hydrogens is 226 g/mol. The van der Waals surface area contributed by atoms with Crippen molar-refractivity contribution in [3.63, 3.8) is 0 Å². The van der Waals surface area contributed by atoms with E-state index < -0.39 is 0 Å². The van der Waals surface area contributed by atoms with Crippen LogP contribution >= 0.6 is 0 Å². The first-order valence-electron chi connectivity index (χ1n) is 5.93. The van der Waals surface area contributed by atoms with Crippen LogP contribution in [0.2, 0.25) is 0 Å². The smallest absolute Gasteiger partial charge is 0.212 e. The van der Waals surface area contributed by atoms with Gasteiger partial charge < -0.3 is 10.1 Å². The minimum atomic E-state index is 0.216. The summed E-state index contributed by atoms with van der Waals surface area (Å²) < 4.78 is 5.02. The second kappa shape index (κ2) is 6.12. The number of methoxy groups -OCH3 is 1. The molecule has 2 rings (SSSR count). The maximum atomic E-state index is 5.02. The van der Waals surface area contributed by atoms with Crippen LogP contribution in [-0.2, 0) is 6.54 Å².